The summed E-state index contributed by atoms with van der Waals surface area (Å²) in [6.45, 7) is 0.221. The average Bonchev–Trinajstić information content (AvgIpc) is 3.01. The van der Waals surface area contributed by atoms with Crippen molar-refractivity contribution < 1.29 is 14.0 Å². The van der Waals surface area contributed by atoms with Crippen molar-refractivity contribution in [2.75, 3.05) is 7.11 Å². The van der Waals surface area contributed by atoms with E-state index in [1.165, 1.54) is 0 Å². The van der Waals surface area contributed by atoms with Crippen LogP contribution in [0.15, 0.2) is 53.1 Å². The summed E-state index contributed by atoms with van der Waals surface area (Å²) < 4.78 is 16.3. The van der Waals surface area contributed by atoms with Gasteiger partial charge in [-0.1, -0.05) is 40.5 Å². The number of benzene rings is 2. The van der Waals surface area contributed by atoms with Gasteiger partial charge in [-0.3, -0.25) is 0 Å². The van der Waals surface area contributed by atoms with E-state index in [2.05, 4.69) is 5.16 Å². The summed E-state index contributed by atoms with van der Waals surface area (Å²) in [6.07, 6.45) is 0. The number of aromatic nitrogens is 1. The molecule has 1 aromatic heterocycles. The second-order valence-corrected chi connectivity index (χ2v) is 5.65. The summed E-state index contributed by atoms with van der Waals surface area (Å²) in [6, 6.07) is 14.4. The zero-order chi connectivity index (χ0) is 16.2. The summed E-state index contributed by atoms with van der Waals surface area (Å²) in [5, 5.41) is 5.08. The minimum atomic E-state index is 0.221. The van der Waals surface area contributed by atoms with E-state index in [-0.39, 0.29) is 6.61 Å². The highest BCUT2D eigenvalue weighted by Gasteiger charge is 2.11. The quantitative estimate of drug-likeness (QED) is 0.632. The molecule has 0 atom stereocenters. The number of nitrogens with zero attached hydrogens (tertiary/aromatic N) is 1. The SMILES string of the molecule is COc1ccccc1-c1cc(COc2cc(Cl)cc(Cl)c2)on1. The minimum absolute atomic E-state index is 0.221. The smallest absolute Gasteiger partial charge is 0.174 e. The normalized spacial score (nSPS) is 10.6. The summed E-state index contributed by atoms with van der Waals surface area (Å²) in [7, 11) is 1.62. The van der Waals surface area contributed by atoms with Crippen LogP contribution in [-0.4, -0.2) is 12.3 Å². The monoisotopic (exact) mass is 349 g/mol. The van der Waals surface area contributed by atoms with Gasteiger partial charge in [0, 0.05) is 21.7 Å². The van der Waals surface area contributed by atoms with Crippen molar-refractivity contribution in [1.82, 2.24) is 5.16 Å². The summed E-state index contributed by atoms with van der Waals surface area (Å²) in [5.74, 6) is 1.88. The zero-order valence-electron chi connectivity index (χ0n) is 12.3. The van der Waals surface area contributed by atoms with Gasteiger partial charge < -0.3 is 14.0 Å². The van der Waals surface area contributed by atoms with Crippen molar-refractivity contribution in [3.63, 3.8) is 0 Å². The van der Waals surface area contributed by atoms with Crippen molar-refractivity contribution in [3.8, 4) is 22.8 Å². The van der Waals surface area contributed by atoms with Crippen LogP contribution in [0, 0.1) is 0 Å². The Bertz CT molecular complexity index is 797. The highest BCUT2D eigenvalue weighted by Crippen LogP contribution is 2.29. The van der Waals surface area contributed by atoms with E-state index in [4.69, 9.17) is 37.2 Å². The highest BCUT2D eigenvalue weighted by molar-refractivity contribution is 6.34. The van der Waals surface area contributed by atoms with Crippen LogP contribution in [0.2, 0.25) is 10.0 Å². The van der Waals surface area contributed by atoms with Crippen molar-refractivity contribution >= 4 is 23.2 Å². The van der Waals surface area contributed by atoms with E-state index in [0.717, 1.165) is 11.3 Å². The predicted octanol–water partition coefficient (Wildman–Crippen LogP) is 5.24. The first kappa shape index (κ1) is 15.7. The lowest BCUT2D eigenvalue weighted by atomic mass is 10.1. The van der Waals surface area contributed by atoms with Crippen LogP contribution in [-0.2, 0) is 6.61 Å². The molecule has 0 bridgehead atoms. The van der Waals surface area contributed by atoms with Crippen molar-refractivity contribution in [2.24, 2.45) is 0 Å². The summed E-state index contributed by atoms with van der Waals surface area (Å²) in [5.41, 5.74) is 1.54. The largest absolute Gasteiger partial charge is 0.496 e. The van der Waals surface area contributed by atoms with E-state index in [0.29, 0.717) is 27.2 Å². The molecule has 23 heavy (non-hydrogen) atoms. The third-order valence-electron chi connectivity index (χ3n) is 3.16. The van der Waals surface area contributed by atoms with Gasteiger partial charge in [-0.25, -0.2) is 0 Å². The maximum atomic E-state index is 5.94. The molecule has 6 heteroatoms. The first-order chi connectivity index (χ1) is 11.2. The van der Waals surface area contributed by atoms with Crippen LogP contribution in [0.5, 0.6) is 11.5 Å². The Kier molecular flexibility index (Phi) is 4.74. The molecule has 3 aromatic rings. The Morgan fingerprint density at radius 1 is 1.04 bits per heavy atom. The van der Waals surface area contributed by atoms with Gasteiger partial charge >= 0.3 is 0 Å². The van der Waals surface area contributed by atoms with Crippen LogP contribution in [0.25, 0.3) is 11.3 Å². The molecule has 1 heterocycles. The molecule has 3 rings (SSSR count). The Balaban J connectivity index is 1.75. The predicted molar refractivity (Wildman–Crippen MR) is 89.3 cm³/mol. The highest BCUT2D eigenvalue weighted by atomic mass is 35.5. The van der Waals surface area contributed by atoms with Gasteiger partial charge in [0.15, 0.2) is 5.76 Å². The molecule has 4 nitrogen and oxygen atoms in total. The van der Waals surface area contributed by atoms with Crippen molar-refractivity contribution in [3.05, 3.63) is 64.3 Å². The number of ether oxygens (including phenoxy) is 2. The number of para-hydroxylation sites is 1. The number of rotatable bonds is 5. The third kappa shape index (κ3) is 3.78. The molecule has 0 unspecified atom stereocenters. The second kappa shape index (κ2) is 6.94. The molecule has 0 aliphatic rings. The van der Waals surface area contributed by atoms with Gasteiger partial charge in [-0.05, 0) is 30.3 Å². The van der Waals surface area contributed by atoms with Crippen molar-refractivity contribution in [1.29, 1.82) is 0 Å². The maximum Gasteiger partial charge on any atom is 0.174 e. The molecule has 0 fully saturated rings. The lowest BCUT2D eigenvalue weighted by Crippen LogP contribution is -1.93. The van der Waals surface area contributed by atoms with Gasteiger partial charge in [0.25, 0.3) is 0 Å². The standard InChI is InChI=1S/C17H13Cl2NO3/c1-21-17-5-3-2-4-15(17)16-9-14(23-20-16)10-22-13-7-11(18)6-12(19)8-13/h2-9H,10H2,1H3. The fourth-order valence-corrected chi connectivity index (χ4v) is 2.64. The Morgan fingerprint density at radius 3 is 2.52 bits per heavy atom. The van der Waals surface area contributed by atoms with Gasteiger partial charge in [0.1, 0.15) is 23.8 Å². The third-order valence-corrected chi connectivity index (χ3v) is 3.60. The summed E-state index contributed by atoms with van der Waals surface area (Å²) in [4.78, 5) is 0. The molecule has 0 saturated carbocycles. The van der Waals surface area contributed by atoms with E-state index in [9.17, 15) is 0 Å². The average molecular weight is 350 g/mol. The number of halogens is 2. The number of methoxy groups -OCH3 is 1. The Hall–Kier alpha value is -2.17. The lowest BCUT2D eigenvalue weighted by molar-refractivity contribution is 0.249. The molecular formula is C17H13Cl2NO3. The van der Waals surface area contributed by atoms with E-state index in [1.54, 1.807) is 25.3 Å². The van der Waals surface area contributed by atoms with E-state index in [1.807, 2.05) is 30.3 Å². The molecule has 2 aromatic carbocycles. The minimum Gasteiger partial charge on any atom is -0.496 e. The van der Waals surface area contributed by atoms with Gasteiger partial charge in [-0.15, -0.1) is 0 Å². The molecule has 0 aliphatic heterocycles. The van der Waals surface area contributed by atoms with Gasteiger partial charge in [-0.2, -0.15) is 0 Å². The van der Waals surface area contributed by atoms with Crippen LogP contribution in [0.1, 0.15) is 5.76 Å². The lowest BCUT2D eigenvalue weighted by Gasteiger charge is -2.05. The van der Waals surface area contributed by atoms with E-state index < -0.39 is 0 Å². The topological polar surface area (TPSA) is 44.5 Å². The first-order valence-corrected chi connectivity index (χ1v) is 7.59. The Morgan fingerprint density at radius 2 is 1.78 bits per heavy atom. The number of hydrogen-bond acceptors (Lipinski definition) is 4. The van der Waals surface area contributed by atoms with Crippen LogP contribution < -0.4 is 9.47 Å². The van der Waals surface area contributed by atoms with Gasteiger partial charge in [0.05, 0.1) is 7.11 Å². The van der Waals surface area contributed by atoms with Gasteiger partial charge in [0.2, 0.25) is 0 Å². The second-order valence-electron chi connectivity index (χ2n) is 4.77. The molecule has 118 valence electrons. The van der Waals surface area contributed by atoms with Crippen LogP contribution in [0.4, 0.5) is 0 Å². The fraction of sp³-hybridized carbons (Fsp3) is 0.118. The maximum absolute atomic E-state index is 5.94. The van der Waals surface area contributed by atoms with Crippen molar-refractivity contribution in [2.45, 2.75) is 6.61 Å². The molecule has 0 spiro atoms. The van der Waals surface area contributed by atoms with Crippen LogP contribution in [0.3, 0.4) is 0 Å². The van der Waals surface area contributed by atoms with Crippen LogP contribution >= 0.6 is 23.2 Å². The molecular weight excluding hydrogens is 337 g/mol. The molecule has 0 aliphatic carbocycles. The molecule has 0 radical (unpaired) electrons. The summed E-state index contributed by atoms with van der Waals surface area (Å²) >= 11 is 11.9. The molecule has 0 N–H and O–H groups in total. The first-order valence-electron chi connectivity index (χ1n) is 6.83. The number of hydrogen-bond donors (Lipinski definition) is 0. The fourth-order valence-electron chi connectivity index (χ4n) is 2.13. The zero-order valence-corrected chi connectivity index (χ0v) is 13.8. The Labute approximate surface area is 143 Å². The molecule has 0 amide bonds. The van der Waals surface area contributed by atoms with E-state index >= 15 is 0 Å². The molecule has 0 saturated heterocycles.